The number of hydrogen-bond acceptors (Lipinski definition) is 5. The molecule has 0 saturated carbocycles. The Morgan fingerprint density at radius 3 is 1.69 bits per heavy atom. The molecule has 5 heteroatoms. The molecule has 0 aliphatic rings. The molecule has 0 unspecified atom stereocenters. The number of carbonyl (C=O) groups excluding carboxylic acids is 1. The zero-order valence-electron chi connectivity index (χ0n) is 10.2. The average molecular weight is 234 g/mol. The lowest BCUT2D eigenvalue weighted by molar-refractivity contribution is -0.0805. The normalized spacial score (nSPS) is 10.1. The van der Waals surface area contributed by atoms with Crippen LogP contribution in [0.2, 0.25) is 0 Å². The van der Waals surface area contributed by atoms with Gasteiger partial charge in [0.2, 0.25) is 0 Å². The molecule has 0 bridgehead atoms. The molecule has 0 saturated heterocycles. The second-order valence-electron chi connectivity index (χ2n) is 3.30. The van der Waals surface area contributed by atoms with Crippen LogP contribution in [0.3, 0.4) is 0 Å². The molecule has 0 fully saturated rings. The van der Waals surface area contributed by atoms with Gasteiger partial charge in [0.1, 0.15) is 0 Å². The van der Waals surface area contributed by atoms with Gasteiger partial charge in [-0.1, -0.05) is 26.7 Å². The minimum Gasteiger partial charge on any atom is -0.407 e. The highest BCUT2D eigenvalue weighted by atomic mass is 16.8. The smallest absolute Gasteiger partial charge is 0.407 e. The maximum atomic E-state index is 10.9. The van der Waals surface area contributed by atoms with Crippen LogP contribution >= 0.6 is 0 Å². The molecule has 0 radical (unpaired) electrons. The van der Waals surface area contributed by atoms with Crippen molar-refractivity contribution >= 4 is 6.16 Å². The fourth-order valence-corrected chi connectivity index (χ4v) is 0.832. The predicted octanol–water partition coefficient (Wildman–Crippen LogP) is 2.69. The molecule has 0 aromatic carbocycles. The first-order valence-corrected chi connectivity index (χ1v) is 5.76. The number of unbranched alkanes of at least 4 members (excludes halogenated alkanes) is 2. The minimum atomic E-state index is -0.756. The first-order valence-electron chi connectivity index (χ1n) is 5.76. The standard InChI is InChI=1S/C11H22O5/c1-3-5-7-13-9-15-11(12)16-10-14-8-6-4-2/h3-10H2,1-2H3. The van der Waals surface area contributed by atoms with Gasteiger partial charge >= 0.3 is 6.16 Å². The summed E-state index contributed by atoms with van der Waals surface area (Å²) in [7, 11) is 0. The highest BCUT2D eigenvalue weighted by molar-refractivity contribution is 5.59. The lowest BCUT2D eigenvalue weighted by atomic mass is 10.4. The Hall–Kier alpha value is -0.810. The Labute approximate surface area is 97.0 Å². The Bertz CT molecular complexity index is 144. The Balaban J connectivity index is 3.12. The van der Waals surface area contributed by atoms with Crippen LogP contribution in [0.4, 0.5) is 4.79 Å². The maximum absolute atomic E-state index is 10.9. The van der Waals surface area contributed by atoms with E-state index in [9.17, 15) is 4.79 Å². The third-order valence-corrected chi connectivity index (χ3v) is 1.80. The summed E-state index contributed by atoms with van der Waals surface area (Å²) < 4.78 is 19.3. The largest absolute Gasteiger partial charge is 0.512 e. The van der Waals surface area contributed by atoms with E-state index in [0.29, 0.717) is 13.2 Å². The molecule has 96 valence electrons. The average Bonchev–Trinajstić information content (AvgIpc) is 2.28. The molecule has 0 aliphatic heterocycles. The Morgan fingerprint density at radius 2 is 1.31 bits per heavy atom. The van der Waals surface area contributed by atoms with Gasteiger partial charge in [-0.2, -0.15) is 0 Å². The third kappa shape index (κ3) is 11.3. The van der Waals surface area contributed by atoms with Crippen LogP contribution in [-0.2, 0) is 18.9 Å². The molecular formula is C11H22O5. The second kappa shape index (κ2) is 12.3. The first-order chi connectivity index (χ1) is 7.81. The van der Waals surface area contributed by atoms with Gasteiger partial charge in [-0.25, -0.2) is 4.79 Å². The lowest BCUT2D eigenvalue weighted by Crippen LogP contribution is -2.13. The molecule has 0 N–H and O–H groups in total. The van der Waals surface area contributed by atoms with Crippen molar-refractivity contribution in [3.63, 3.8) is 0 Å². The predicted molar refractivity (Wildman–Crippen MR) is 59.0 cm³/mol. The maximum Gasteiger partial charge on any atom is 0.512 e. The van der Waals surface area contributed by atoms with E-state index in [1.165, 1.54) is 0 Å². The van der Waals surface area contributed by atoms with E-state index in [1.54, 1.807) is 0 Å². The zero-order valence-corrected chi connectivity index (χ0v) is 10.2. The van der Waals surface area contributed by atoms with Crippen molar-refractivity contribution in [3.05, 3.63) is 0 Å². The number of carbonyl (C=O) groups is 1. The monoisotopic (exact) mass is 234 g/mol. The molecule has 0 aliphatic carbocycles. The van der Waals surface area contributed by atoms with Crippen LogP contribution in [0, 0.1) is 0 Å². The Kier molecular flexibility index (Phi) is 11.6. The van der Waals surface area contributed by atoms with E-state index in [1.807, 2.05) is 0 Å². The highest BCUT2D eigenvalue weighted by Crippen LogP contribution is 1.92. The molecule has 0 amide bonds. The van der Waals surface area contributed by atoms with Gasteiger partial charge in [0.15, 0.2) is 13.6 Å². The highest BCUT2D eigenvalue weighted by Gasteiger charge is 2.02. The molecule has 0 heterocycles. The van der Waals surface area contributed by atoms with Gasteiger partial charge < -0.3 is 18.9 Å². The van der Waals surface area contributed by atoms with Gasteiger partial charge in [-0.15, -0.1) is 0 Å². The fourth-order valence-electron chi connectivity index (χ4n) is 0.832. The molecule has 0 aromatic rings. The second-order valence-corrected chi connectivity index (χ2v) is 3.30. The van der Waals surface area contributed by atoms with Crippen LogP contribution in [0.5, 0.6) is 0 Å². The van der Waals surface area contributed by atoms with E-state index >= 15 is 0 Å². The van der Waals surface area contributed by atoms with Crippen LogP contribution < -0.4 is 0 Å². The molecule has 0 aromatic heterocycles. The van der Waals surface area contributed by atoms with Crippen LogP contribution in [0.1, 0.15) is 39.5 Å². The van der Waals surface area contributed by atoms with Gasteiger partial charge in [-0.3, -0.25) is 0 Å². The summed E-state index contributed by atoms with van der Waals surface area (Å²) in [4.78, 5) is 10.9. The quantitative estimate of drug-likeness (QED) is 0.330. The Morgan fingerprint density at radius 1 is 0.875 bits per heavy atom. The molecular weight excluding hydrogens is 212 g/mol. The van der Waals surface area contributed by atoms with Crippen molar-refractivity contribution in [3.8, 4) is 0 Å². The van der Waals surface area contributed by atoms with Crippen LogP contribution in [0.15, 0.2) is 0 Å². The van der Waals surface area contributed by atoms with Gasteiger partial charge in [-0.05, 0) is 12.8 Å². The summed E-state index contributed by atoms with van der Waals surface area (Å²) in [5, 5.41) is 0. The summed E-state index contributed by atoms with van der Waals surface area (Å²) >= 11 is 0. The van der Waals surface area contributed by atoms with Crippen LogP contribution in [0.25, 0.3) is 0 Å². The van der Waals surface area contributed by atoms with Gasteiger partial charge in [0.05, 0.1) is 13.2 Å². The van der Waals surface area contributed by atoms with Crippen molar-refractivity contribution in [1.29, 1.82) is 0 Å². The van der Waals surface area contributed by atoms with Crippen molar-refractivity contribution in [1.82, 2.24) is 0 Å². The fraction of sp³-hybridized carbons (Fsp3) is 0.909. The molecule has 0 atom stereocenters. The minimum absolute atomic E-state index is 0.0617. The van der Waals surface area contributed by atoms with Crippen molar-refractivity contribution in [2.24, 2.45) is 0 Å². The van der Waals surface area contributed by atoms with E-state index in [4.69, 9.17) is 9.47 Å². The summed E-state index contributed by atoms with van der Waals surface area (Å²) in [6, 6.07) is 0. The van der Waals surface area contributed by atoms with Crippen molar-refractivity contribution in [2.45, 2.75) is 39.5 Å². The van der Waals surface area contributed by atoms with E-state index in [-0.39, 0.29) is 13.6 Å². The van der Waals surface area contributed by atoms with Gasteiger partial charge in [0.25, 0.3) is 0 Å². The number of rotatable bonds is 10. The third-order valence-electron chi connectivity index (χ3n) is 1.80. The topological polar surface area (TPSA) is 54.0 Å². The molecule has 5 nitrogen and oxygen atoms in total. The van der Waals surface area contributed by atoms with Gasteiger partial charge in [0, 0.05) is 0 Å². The summed E-state index contributed by atoms with van der Waals surface area (Å²) in [6.07, 6.45) is 3.26. The SMILES string of the molecule is CCCCOCOC(=O)OCOCCCC. The summed E-state index contributed by atoms with van der Waals surface area (Å²) in [6.45, 7) is 5.19. The van der Waals surface area contributed by atoms with E-state index < -0.39 is 6.16 Å². The van der Waals surface area contributed by atoms with Crippen molar-refractivity contribution in [2.75, 3.05) is 26.8 Å². The summed E-state index contributed by atoms with van der Waals surface area (Å²) in [5.41, 5.74) is 0. The molecule has 0 spiro atoms. The zero-order chi connectivity index (χ0) is 12.1. The molecule has 16 heavy (non-hydrogen) atoms. The van der Waals surface area contributed by atoms with E-state index in [2.05, 4.69) is 23.3 Å². The van der Waals surface area contributed by atoms with Crippen molar-refractivity contribution < 1.29 is 23.7 Å². The van der Waals surface area contributed by atoms with Crippen LogP contribution in [-0.4, -0.2) is 33.0 Å². The number of hydrogen-bond donors (Lipinski definition) is 0. The van der Waals surface area contributed by atoms with E-state index in [0.717, 1.165) is 25.7 Å². The lowest BCUT2D eigenvalue weighted by Gasteiger charge is -2.06. The molecule has 0 rings (SSSR count). The summed E-state index contributed by atoms with van der Waals surface area (Å²) in [5.74, 6) is 0. The number of ether oxygens (including phenoxy) is 4. The first kappa shape index (κ1) is 15.2.